The van der Waals surface area contributed by atoms with Crippen LogP contribution in [0.1, 0.15) is 12.8 Å². The van der Waals surface area contributed by atoms with Crippen molar-refractivity contribution in [3.05, 3.63) is 12.0 Å². The summed E-state index contributed by atoms with van der Waals surface area (Å²) in [5, 5.41) is 10.1. The number of nitrogens with zero attached hydrogens (tertiary/aromatic N) is 1. The van der Waals surface area contributed by atoms with Crippen LogP contribution in [0.5, 0.6) is 0 Å². The zero-order valence-electron chi connectivity index (χ0n) is 11.0. The predicted molar refractivity (Wildman–Crippen MR) is 62.7 cm³/mol. The van der Waals surface area contributed by atoms with Gasteiger partial charge in [0, 0.05) is 5.92 Å². The number of esters is 1. The molecule has 2 atom stereocenters. The third-order valence-electron chi connectivity index (χ3n) is 3.07. The second-order valence-corrected chi connectivity index (χ2v) is 4.89. The first-order valence-corrected chi connectivity index (χ1v) is 6.37. The van der Waals surface area contributed by atoms with Crippen molar-refractivity contribution in [2.75, 3.05) is 13.2 Å². The maximum atomic E-state index is 12.2. The number of rotatable bonds is 6. The topological polar surface area (TPSA) is 97.1 Å². The molecule has 120 valence electrons. The Morgan fingerprint density at radius 3 is 2.81 bits per heavy atom. The standard InChI is InChI=1S/C11H16F3N3O4/c12-11(13,14)10(19)20-9(7(15)5-18)4-17-16-3-8(21-17)6-1-2-6/h3,6-7,9,16,18H,1-2,4-5,15H2/t7?,9-/m0/s1. The first-order valence-electron chi connectivity index (χ1n) is 6.37. The fourth-order valence-corrected chi connectivity index (χ4v) is 1.71. The second kappa shape index (κ2) is 6.08. The third-order valence-corrected chi connectivity index (χ3v) is 3.07. The lowest BCUT2D eigenvalue weighted by atomic mass is 10.2. The van der Waals surface area contributed by atoms with Crippen LogP contribution < -0.4 is 11.2 Å². The molecule has 10 heteroatoms. The molecule has 1 aliphatic heterocycles. The molecule has 0 aromatic carbocycles. The Hall–Kier alpha value is -1.52. The second-order valence-electron chi connectivity index (χ2n) is 4.89. The highest BCUT2D eigenvalue weighted by Gasteiger charge is 2.43. The first kappa shape index (κ1) is 15.9. The van der Waals surface area contributed by atoms with Gasteiger partial charge >= 0.3 is 12.1 Å². The molecular formula is C11H16F3N3O4. The molecule has 0 aromatic rings. The zero-order chi connectivity index (χ0) is 15.6. The number of nitrogens with one attached hydrogen (secondary N) is 1. The average Bonchev–Trinajstić information content (AvgIpc) is 3.16. The van der Waals surface area contributed by atoms with Gasteiger partial charge in [-0.05, 0) is 12.8 Å². The van der Waals surface area contributed by atoms with Crippen LogP contribution in [-0.4, -0.2) is 47.7 Å². The molecule has 1 unspecified atom stereocenters. The van der Waals surface area contributed by atoms with Crippen LogP contribution in [0, 0.1) is 5.92 Å². The summed E-state index contributed by atoms with van der Waals surface area (Å²) in [5.41, 5.74) is 8.16. The molecule has 0 radical (unpaired) electrons. The van der Waals surface area contributed by atoms with Gasteiger partial charge in [-0.15, -0.1) is 0 Å². The summed E-state index contributed by atoms with van der Waals surface area (Å²) in [6.45, 7) is -0.886. The number of hydrazine groups is 1. The van der Waals surface area contributed by atoms with E-state index in [0.717, 1.165) is 18.0 Å². The summed E-state index contributed by atoms with van der Waals surface area (Å²) in [5.74, 6) is -1.37. The number of hydroxylamine groups is 1. The average molecular weight is 311 g/mol. The predicted octanol–water partition coefficient (Wildman–Crippen LogP) is -0.217. The van der Waals surface area contributed by atoms with Crippen LogP contribution in [0.2, 0.25) is 0 Å². The molecular weight excluding hydrogens is 295 g/mol. The minimum Gasteiger partial charge on any atom is -0.452 e. The van der Waals surface area contributed by atoms with Crippen molar-refractivity contribution in [3.8, 4) is 0 Å². The maximum absolute atomic E-state index is 12.2. The van der Waals surface area contributed by atoms with E-state index in [1.165, 1.54) is 0 Å². The van der Waals surface area contributed by atoms with Crippen molar-refractivity contribution in [2.45, 2.75) is 31.2 Å². The number of carbonyl (C=O) groups excluding carboxylic acids is 1. The molecule has 0 bridgehead atoms. The normalized spacial score (nSPS) is 22.0. The Balaban J connectivity index is 1.89. The molecule has 4 N–H and O–H groups in total. The van der Waals surface area contributed by atoms with Gasteiger partial charge in [-0.2, -0.15) is 13.2 Å². The molecule has 1 aliphatic carbocycles. The van der Waals surface area contributed by atoms with E-state index in [4.69, 9.17) is 15.7 Å². The van der Waals surface area contributed by atoms with Crippen molar-refractivity contribution >= 4 is 5.97 Å². The third kappa shape index (κ3) is 4.22. The van der Waals surface area contributed by atoms with Gasteiger partial charge in [-0.25, -0.2) is 4.79 Å². The van der Waals surface area contributed by atoms with Gasteiger partial charge in [-0.1, -0.05) is 5.17 Å². The van der Waals surface area contributed by atoms with Crippen molar-refractivity contribution in [1.29, 1.82) is 0 Å². The molecule has 21 heavy (non-hydrogen) atoms. The SMILES string of the molecule is NC(CO)[C@H](CN1NC=C(C2CC2)O1)OC(=O)C(F)(F)F. The van der Waals surface area contributed by atoms with Gasteiger partial charge in [-0.3, -0.25) is 5.43 Å². The summed E-state index contributed by atoms with van der Waals surface area (Å²) in [6, 6.07) is -1.16. The summed E-state index contributed by atoms with van der Waals surface area (Å²) in [6.07, 6.45) is -2.92. The van der Waals surface area contributed by atoms with Gasteiger partial charge in [0.25, 0.3) is 0 Å². The number of alkyl halides is 3. The Morgan fingerprint density at radius 2 is 2.29 bits per heavy atom. The van der Waals surface area contributed by atoms with Crippen LogP contribution in [0.4, 0.5) is 13.2 Å². The molecule has 1 fully saturated rings. The quantitative estimate of drug-likeness (QED) is 0.584. The van der Waals surface area contributed by atoms with E-state index in [9.17, 15) is 18.0 Å². The number of nitrogens with two attached hydrogens (primary N) is 1. The molecule has 0 saturated heterocycles. The van der Waals surface area contributed by atoms with Crippen LogP contribution in [0.3, 0.4) is 0 Å². The first-order chi connectivity index (χ1) is 9.81. The molecule has 2 rings (SSSR count). The lowest BCUT2D eigenvalue weighted by Gasteiger charge is -2.26. The fraction of sp³-hybridized carbons (Fsp3) is 0.727. The summed E-state index contributed by atoms with van der Waals surface area (Å²) < 4.78 is 41.0. The van der Waals surface area contributed by atoms with Crippen LogP contribution in [0.25, 0.3) is 0 Å². The number of aliphatic hydroxyl groups is 1. The van der Waals surface area contributed by atoms with E-state index >= 15 is 0 Å². The molecule has 7 nitrogen and oxygen atoms in total. The Morgan fingerprint density at radius 1 is 1.62 bits per heavy atom. The van der Waals surface area contributed by atoms with Crippen molar-refractivity contribution < 1.29 is 32.6 Å². The van der Waals surface area contributed by atoms with Crippen LogP contribution in [0.15, 0.2) is 12.0 Å². The van der Waals surface area contributed by atoms with E-state index in [-0.39, 0.29) is 6.54 Å². The number of carbonyl (C=O) groups is 1. The zero-order valence-corrected chi connectivity index (χ0v) is 11.0. The minimum absolute atomic E-state index is 0.254. The number of aliphatic hydroxyl groups excluding tert-OH is 1. The van der Waals surface area contributed by atoms with E-state index in [1.54, 1.807) is 6.20 Å². The number of ether oxygens (including phenoxy) is 1. The highest BCUT2D eigenvalue weighted by molar-refractivity contribution is 5.75. The van der Waals surface area contributed by atoms with Gasteiger partial charge in [0.1, 0.15) is 11.9 Å². The largest absolute Gasteiger partial charge is 0.490 e. The number of hydrogen-bond donors (Lipinski definition) is 3. The molecule has 0 amide bonds. The lowest BCUT2D eigenvalue weighted by molar-refractivity contribution is -0.213. The van der Waals surface area contributed by atoms with Gasteiger partial charge in [0.2, 0.25) is 0 Å². The van der Waals surface area contributed by atoms with E-state index < -0.39 is 30.9 Å². The number of allylic oxidation sites excluding steroid dienone is 1. The Labute approximate surface area is 118 Å². The number of hydrogen-bond acceptors (Lipinski definition) is 7. The van der Waals surface area contributed by atoms with Crippen molar-refractivity contribution in [3.63, 3.8) is 0 Å². The molecule has 1 saturated carbocycles. The van der Waals surface area contributed by atoms with Crippen molar-refractivity contribution in [2.24, 2.45) is 11.7 Å². The molecule has 0 aromatic heterocycles. The summed E-state index contributed by atoms with van der Waals surface area (Å²) in [7, 11) is 0. The van der Waals surface area contributed by atoms with Crippen LogP contribution >= 0.6 is 0 Å². The van der Waals surface area contributed by atoms with E-state index in [1.807, 2.05) is 0 Å². The van der Waals surface area contributed by atoms with Crippen molar-refractivity contribution in [1.82, 2.24) is 10.6 Å². The fourth-order valence-electron chi connectivity index (χ4n) is 1.71. The lowest BCUT2D eigenvalue weighted by Crippen LogP contribution is -2.50. The molecule has 2 aliphatic rings. The summed E-state index contributed by atoms with van der Waals surface area (Å²) in [4.78, 5) is 16.2. The smallest absolute Gasteiger partial charge is 0.452 e. The maximum Gasteiger partial charge on any atom is 0.490 e. The van der Waals surface area contributed by atoms with Crippen LogP contribution in [-0.2, 0) is 14.4 Å². The minimum atomic E-state index is -5.12. The Kier molecular flexibility index (Phi) is 4.59. The number of halogens is 3. The monoisotopic (exact) mass is 311 g/mol. The molecule has 1 heterocycles. The summed E-state index contributed by atoms with van der Waals surface area (Å²) >= 11 is 0. The van der Waals surface area contributed by atoms with Gasteiger partial charge < -0.3 is 20.4 Å². The van der Waals surface area contributed by atoms with Gasteiger partial charge in [0.15, 0.2) is 0 Å². The Bertz CT molecular complexity index is 425. The van der Waals surface area contributed by atoms with E-state index in [0.29, 0.717) is 11.7 Å². The van der Waals surface area contributed by atoms with E-state index in [2.05, 4.69) is 10.2 Å². The van der Waals surface area contributed by atoms with Gasteiger partial charge in [0.05, 0.1) is 25.4 Å². The highest BCUT2D eigenvalue weighted by Crippen LogP contribution is 2.38. The highest BCUT2D eigenvalue weighted by atomic mass is 19.4. The molecule has 0 spiro atoms.